The van der Waals surface area contributed by atoms with E-state index in [9.17, 15) is 5.11 Å². The molecule has 2 rings (SSSR count). The molecule has 0 aliphatic rings. The monoisotopic (exact) mass is 247 g/mol. The second-order valence-electron chi connectivity index (χ2n) is 4.14. The number of aryl methyl sites for hydroxylation is 1. The van der Waals surface area contributed by atoms with Crippen molar-refractivity contribution in [2.45, 2.75) is 19.6 Å². The third-order valence-corrected chi connectivity index (χ3v) is 3.52. The van der Waals surface area contributed by atoms with Crippen molar-refractivity contribution in [2.24, 2.45) is 0 Å². The summed E-state index contributed by atoms with van der Waals surface area (Å²) in [6.07, 6.45) is -0.435. The lowest BCUT2D eigenvalue weighted by Crippen LogP contribution is -2.20. The molecule has 1 aromatic heterocycles. The SMILES string of the molecule is Cc1cccc(C(O)CNCc2cccs2)c1. The standard InChI is InChI=1S/C14H17NOS/c1-11-4-2-5-12(8-11)14(16)10-15-9-13-6-3-7-17-13/h2-8,14-16H,9-10H2,1H3. The van der Waals surface area contributed by atoms with Gasteiger partial charge in [-0.2, -0.15) is 0 Å². The average Bonchev–Trinajstić information content (AvgIpc) is 2.82. The summed E-state index contributed by atoms with van der Waals surface area (Å²) >= 11 is 1.73. The molecular weight excluding hydrogens is 230 g/mol. The van der Waals surface area contributed by atoms with Gasteiger partial charge < -0.3 is 10.4 Å². The summed E-state index contributed by atoms with van der Waals surface area (Å²) in [5.74, 6) is 0. The maximum Gasteiger partial charge on any atom is 0.0914 e. The lowest BCUT2D eigenvalue weighted by atomic mass is 10.1. The smallest absolute Gasteiger partial charge is 0.0914 e. The minimum Gasteiger partial charge on any atom is -0.387 e. The van der Waals surface area contributed by atoms with Gasteiger partial charge in [-0.05, 0) is 23.9 Å². The number of aliphatic hydroxyl groups is 1. The molecule has 0 aliphatic heterocycles. The van der Waals surface area contributed by atoms with Crippen LogP contribution in [0.25, 0.3) is 0 Å². The van der Waals surface area contributed by atoms with E-state index in [0.717, 1.165) is 12.1 Å². The van der Waals surface area contributed by atoms with E-state index in [-0.39, 0.29) is 0 Å². The fraction of sp³-hybridized carbons (Fsp3) is 0.286. The van der Waals surface area contributed by atoms with Gasteiger partial charge in [0.15, 0.2) is 0 Å². The topological polar surface area (TPSA) is 32.3 Å². The highest BCUT2D eigenvalue weighted by molar-refractivity contribution is 7.09. The molecule has 90 valence electrons. The van der Waals surface area contributed by atoms with E-state index in [1.54, 1.807) is 11.3 Å². The Labute approximate surface area is 106 Å². The summed E-state index contributed by atoms with van der Waals surface area (Å²) in [7, 11) is 0. The van der Waals surface area contributed by atoms with Crippen LogP contribution in [0, 0.1) is 6.92 Å². The minimum atomic E-state index is -0.435. The van der Waals surface area contributed by atoms with Crippen LogP contribution in [0.5, 0.6) is 0 Å². The summed E-state index contributed by atoms with van der Waals surface area (Å²) < 4.78 is 0. The van der Waals surface area contributed by atoms with E-state index in [1.807, 2.05) is 37.3 Å². The fourth-order valence-electron chi connectivity index (χ4n) is 1.74. The van der Waals surface area contributed by atoms with E-state index in [4.69, 9.17) is 0 Å². The number of thiophene rings is 1. The minimum absolute atomic E-state index is 0.435. The first-order valence-electron chi connectivity index (χ1n) is 5.73. The predicted molar refractivity (Wildman–Crippen MR) is 72.2 cm³/mol. The maximum absolute atomic E-state index is 10.0. The van der Waals surface area contributed by atoms with Crippen LogP contribution in [0.3, 0.4) is 0 Å². The van der Waals surface area contributed by atoms with E-state index < -0.39 is 6.10 Å². The molecule has 1 aromatic carbocycles. The number of aliphatic hydroxyl groups excluding tert-OH is 1. The lowest BCUT2D eigenvalue weighted by Gasteiger charge is -2.12. The molecule has 0 aliphatic carbocycles. The molecule has 0 saturated heterocycles. The Morgan fingerprint density at radius 2 is 2.18 bits per heavy atom. The van der Waals surface area contributed by atoms with E-state index in [1.165, 1.54) is 10.4 Å². The molecule has 1 unspecified atom stereocenters. The predicted octanol–water partition coefficient (Wildman–Crippen LogP) is 2.88. The van der Waals surface area contributed by atoms with Crippen molar-refractivity contribution in [3.05, 3.63) is 57.8 Å². The van der Waals surface area contributed by atoms with Gasteiger partial charge in [0.1, 0.15) is 0 Å². The molecule has 0 radical (unpaired) electrons. The summed E-state index contributed by atoms with van der Waals surface area (Å²) in [5.41, 5.74) is 2.16. The fourth-order valence-corrected chi connectivity index (χ4v) is 2.41. The van der Waals surface area contributed by atoms with Crippen LogP contribution in [0.15, 0.2) is 41.8 Å². The van der Waals surface area contributed by atoms with Gasteiger partial charge in [-0.3, -0.25) is 0 Å². The summed E-state index contributed by atoms with van der Waals surface area (Å²) in [6.45, 7) is 3.44. The van der Waals surface area contributed by atoms with Crippen LogP contribution in [0.2, 0.25) is 0 Å². The molecule has 3 heteroatoms. The quantitative estimate of drug-likeness (QED) is 0.851. The van der Waals surface area contributed by atoms with Crippen LogP contribution in [0.1, 0.15) is 22.1 Å². The number of hydrogen-bond donors (Lipinski definition) is 2. The zero-order valence-corrected chi connectivity index (χ0v) is 10.7. The molecule has 1 atom stereocenters. The molecule has 17 heavy (non-hydrogen) atoms. The Balaban J connectivity index is 1.83. The van der Waals surface area contributed by atoms with Crippen LogP contribution >= 0.6 is 11.3 Å². The number of rotatable bonds is 5. The van der Waals surface area contributed by atoms with Gasteiger partial charge >= 0.3 is 0 Å². The Kier molecular flexibility index (Phi) is 4.31. The summed E-state index contributed by atoms with van der Waals surface area (Å²) in [6, 6.07) is 12.1. The van der Waals surface area contributed by atoms with Crippen LogP contribution in [-0.4, -0.2) is 11.7 Å². The molecule has 0 saturated carbocycles. The zero-order valence-electron chi connectivity index (χ0n) is 9.89. The summed E-state index contributed by atoms with van der Waals surface area (Å²) in [4.78, 5) is 1.29. The van der Waals surface area contributed by atoms with Crippen molar-refractivity contribution >= 4 is 11.3 Å². The van der Waals surface area contributed by atoms with Gasteiger partial charge in [0.05, 0.1) is 6.10 Å². The second-order valence-corrected chi connectivity index (χ2v) is 5.17. The highest BCUT2D eigenvalue weighted by atomic mass is 32.1. The molecule has 0 spiro atoms. The second kappa shape index (κ2) is 5.96. The van der Waals surface area contributed by atoms with E-state index in [2.05, 4.69) is 16.8 Å². The Morgan fingerprint density at radius 1 is 1.29 bits per heavy atom. The average molecular weight is 247 g/mol. The Bertz CT molecular complexity index is 453. The Morgan fingerprint density at radius 3 is 2.88 bits per heavy atom. The first kappa shape index (κ1) is 12.3. The Hall–Kier alpha value is -1.16. The van der Waals surface area contributed by atoms with Crippen LogP contribution in [0.4, 0.5) is 0 Å². The molecule has 0 fully saturated rings. The van der Waals surface area contributed by atoms with Crippen LogP contribution < -0.4 is 5.32 Å². The van der Waals surface area contributed by atoms with Crippen molar-refractivity contribution in [1.82, 2.24) is 5.32 Å². The number of benzene rings is 1. The highest BCUT2D eigenvalue weighted by Gasteiger charge is 2.06. The van der Waals surface area contributed by atoms with Gasteiger partial charge in [-0.25, -0.2) is 0 Å². The molecular formula is C14H17NOS. The van der Waals surface area contributed by atoms with Crippen molar-refractivity contribution in [1.29, 1.82) is 0 Å². The van der Waals surface area contributed by atoms with Gasteiger partial charge in [0.25, 0.3) is 0 Å². The van der Waals surface area contributed by atoms with E-state index >= 15 is 0 Å². The van der Waals surface area contributed by atoms with Gasteiger partial charge in [-0.15, -0.1) is 11.3 Å². The molecule has 0 amide bonds. The molecule has 2 aromatic rings. The molecule has 2 N–H and O–H groups in total. The van der Waals surface area contributed by atoms with Gasteiger partial charge in [0.2, 0.25) is 0 Å². The first-order chi connectivity index (χ1) is 8.25. The van der Waals surface area contributed by atoms with Crippen molar-refractivity contribution < 1.29 is 5.11 Å². The summed E-state index contributed by atoms with van der Waals surface area (Å²) in [5, 5.41) is 15.3. The van der Waals surface area contributed by atoms with Gasteiger partial charge in [0, 0.05) is 18.0 Å². The molecule has 2 nitrogen and oxygen atoms in total. The number of nitrogens with one attached hydrogen (secondary N) is 1. The van der Waals surface area contributed by atoms with Crippen molar-refractivity contribution in [2.75, 3.05) is 6.54 Å². The van der Waals surface area contributed by atoms with Crippen molar-refractivity contribution in [3.63, 3.8) is 0 Å². The van der Waals surface area contributed by atoms with E-state index in [0.29, 0.717) is 6.54 Å². The zero-order chi connectivity index (χ0) is 12.1. The first-order valence-corrected chi connectivity index (χ1v) is 6.61. The largest absolute Gasteiger partial charge is 0.387 e. The molecule has 1 heterocycles. The third-order valence-electron chi connectivity index (χ3n) is 2.64. The maximum atomic E-state index is 10.0. The highest BCUT2D eigenvalue weighted by Crippen LogP contribution is 2.14. The normalized spacial score (nSPS) is 12.6. The lowest BCUT2D eigenvalue weighted by molar-refractivity contribution is 0.174. The molecule has 0 bridgehead atoms. The van der Waals surface area contributed by atoms with Crippen LogP contribution in [-0.2, 0) is 6.54 Å². The van der Waals surface area contributed by atoms with Crippen molar-refractivity contribution in [3.8, 4) is 0 Å². The third kappa shape index (κ3) is 3.66. The number of hydrogen-bond acceptors (Lipinski definition) is 3. The van der Waals surface area contributed by atoms with Gasteiger partial charge in [-0.1, -0.05) is 35.9 Å².